The molecule has 0 radical (unpaired) electrons. The molecule has 1 aromatic heterocycles. The molecule has 0 aliphatic rings. The van der Waals surface area contributed by atoms with Crippen molar-refractivity contribution in [2.45, 2.75) is 26.1 Å². The lowest BCUT2D eigenvalue weighted by Gasteiger charge is -2.19. The number of aromatic nitrogens is 2. The number of anilines is 2. The zero-order valence-electron chi connectivity index (χ0n) is 16.5. The Morgan fingerprint density at radius 1 is 1.10 bits per heavy atom. The van der Waals surface area contributed by atoms with E-state index in [1.165, 1.54) is 6.07 Å². The van der Waals surface area contributed by atoms with Gasteiger partial charge in [-0.25, -0.2) is 9.97 Å². The van der Waals surface area contributed by atoms with Gasteiger partial charge in [-0.15, -0.1) is 0 Å². The van der Waals surface area contributed by atoms with Crippen LogP contribution in [0.5, 0.6) is 0 Å². The molecule has 9 heteroatoms. The van der Waals surface area contributed by atoms with Crippen LogP contribution in [0.15, 0.2) is 36.4 Å². The third-order valence-corrected chi connectivity index (χ3v) is 6.09. The standard InChI is InChI=1S/C20H22F3N4OP/c1-11(13-7-14(20(21,22)23)9-15(24)8-13)25-19-17-10-16(29(3,4)28)5-6-18(17)26-12(2)27-19/h5-11H,24H2,1-4H3,(H,25,26,27)/t11-/m1/s1. The highest BCUT2D eigenvalue weighted by molar-refractivity contribution is 7.70. The van der Waals surface area contributed by atoms with Crippen molar-refractivity contribution in [3.63, 3.8) is 0 Å². The molecule has 0 amide bonds. The van der Waals surface area contributed by atoms with Gasteiger partial charge in [0.1, 0.15) is 18.8 Å². The van der Waals surface area contributed by atoms with Crippen LogP contribution in [0, 0.1) is 6.92 Å². The van der Waals surface area contributed by atoms with Gasteiger partial charge in [0, 0.05) is 16.4 Å². The number of fused-ring (bicyclic) bond motifs is 1. The number of hydrogen-bond donors (Lipinski definition) is 2. The molecule has 0 unspecified atom stereocenters. The average Bonchev–Trinajstić information content (AvgIpc) is 2.59. The van der Waals surface area contributed by atoms with Gasteiger partial charge in [-0.1, -0.05) is 0 Å². The third-order valence-electron chi connectivity index (χ3n) is 4.57. The number of nitrogens with two attached hydrogens (primary N) is 1. The number of benzene rings is 2. The molecule has 29 heavy (non-hydrogen) atoms. The van der Waals surface area contributed by atoms with E-state index in [0.717, 1.165) is 12.1 Å². The molecule has 154 valence electrons. The van der Waals surface area contributed by atoms with E-state index in [-0.39, 0.29) is 5.69 Å². The first-order chi connectivity index (χ1) is 13.3. The molecule has 3 rings (SSSR count). The quantitative estimate of drug-likeness (QED) is 0.459. The van der Waals surface area contributed by atoms with Crippen molar-refractivity contribution in [2.75, 3.05) is 24.4 Å². The van der Waals surface area contributed by atoms with Crippen molar-refractivity contribution < 1.29 is 17.7 Å². The fraction of sp³-hybridized carbons (Fsp3) is 0.300. The molecule has 0 aliphatic carbocycles. The Bertz CT molecular complexity index is 1120. The summed E-state index contributed by atoms with van der Waals surface area (Å²) in [5.74, 6) is 0.978. The van der Waals surface area contributed by atoms with Crippen molar-refractivity contribution in [3.05, 3.63) is 53.3 Å². The summed E-state index contributed by atoms with van der Waals surface area (Å²) in [6, 6.07) is 8.30. The second kappa shape index (κ2) is 7.34. The van der Waals surface area contributed by atoms with Crippen LogP contribution in [0.4, 0.5) is 24.7 Å². The van der Waals surface area contributed by atoms with Crippen LogP contribution in [0.1, 0.15) is 29.9 Å². The van der Waals surface area contributed by atoms with Crippen LogP contribution in [0.3, 0.4) is 0 Å². The van der Waals surface area contributed by atoms with Crippen LogP contribution < -0.4 is 16.4 Å². The van der Waals surface area contributed by atoms with Gasteiger partial charge in [0.25, 0.3) is 0 Å². The van der Waals surface area contributed by atoms with Gasteiger partial charge < -0.3 is 15.6 Å². The maximum atomic E-state index is 13.1. The fourth-order valence-electron chi connectivity index (χ4n) is 3.06. The number of alkyl halides is 3. The van der Waals surface area contributed by atoms with Gasteiger partial charge >= 0.3 is 6.18 Å². The number of aryl methyl sites for hydroxylation is 1. The van der Waals surface area contributed by atoms with E-state index < -0.39 is 24.9 Å². The Hall–Kier alpha value is -2.60. The van der Waals surface area contributed by atoms with Crippen LogP contribution >= 0.6 is 7.14 Å². The van der Waals surface area contributed by atoms with Gasteiger partial charge in [0.2, 0.25) is 0 Å². The summed E-state index contributed by atoms with van der Waals surface area (Å²) in [6.07, 6.45) is -4.49. The van der Waals surface area contributed by atoms with Crippen LogP contribution in [-0.4, -0.2) is 23.3 Å². The lowest BCUT2D eigenvalue weighted by molar-refractivity contribution is -0.137. The molecular formula is C20H22F3N4OP. The van der Waals surface area contributed by atoms with E-state index in [4.69, 9.17) is 5.73 Å². The van der Waals surface area contributed by atoms with Crippen molar-refractivity contribution in [3.8, 4) is 0 Å². The second-order valence-electron chi connectivity index (χ2n) is 7.42. The monoisotopic (exact) mass is 422 g/mol. The molecule has 0 saturated heterocycles. The molecule has 2 aromatic carbocycles. The number of halogens is 3. The molecule has 1 atom stereocenters. The zero-order valence-corrected chi connectivity index (χ0v) is 17.4. The highest BCUT2D eigenvalue weighted by Gasteiger charge is 2.31. The molecule has 1 heterocycles. The number of nitrogens with zero attached hydrogens (tertiary/aromatic N) is 2. The van der Waals surface area contributed by atoms with E-state index in [1.54, 1.807) is 45.4 Å². The van der Waals surface area contributed by atoms with Crippen LogP contribution in [0.2, 0.25) is 0 Å². The highest BCUT2D eigenvalue weighted by Crippen LogP contribution is 2.37. The summed E-state index contributed by atoms with van der Waals surface area (Å²) in [4.78, 5) is 8.81. The lowest BCUT2D eigenvalue weighted by Crippen LogP contribution is -2.13. The first kappa shape index (κ1) is 21.1. The predicted molar refractivity (Wildman–Crippen MR) is 111 cm³/mol. The smallest absolute Gasteiger partial charge is 0.399 e. The van der Waals surface area contributed by atoms with Crippen molar-refractivity contribution in [1.82, 2.24) is 9.97 Å². The molecule has 0 saturated carbocycles. The van der Waals surface area contributed by atoms with Crippen LogP contribution in [0.25, 0.3) is 10.9 Å². The summed E-state index contributed by atoms with van der Waals surface area (Å²) in [7, 11) is -2.50. The Morgan fingerprint density at radius 3 is 2.41 bits per heavy atom. The maximum Gasteiger partial charge on any atom is 0.416 e. The van der Waals surface area contributed by atoms with Crippen molar-refractivity contribution in [1.29, 1.82) is 0 Å². The Balaban J connectivity index is 2.05. The predicted octanol–water partition coefficient (Wildman–Crippen LogP) is 4.96. The molecule has 0 spiro atoms. The highest BCUT2D eigenvalue weighted by atomic mass is 31.2. The van der Waals surface area contributed by atoms with Crippen LogP contribution in [-0.2, 0) is 10.7 Å². The zero-order chi connectivity index (χ0) is 21.6. The normalized spacial score (nSPS) is 13.5. The molecule has 0 fully saturated rings. The number of nitrogens with one attached hydrogen (secondary N) is 1. The molecule has 0 bridgehead atoms. The summed E-state index contributed by atoms with van der Waals surface area (Å²) in [5.41, 5.74) is 5.96. The molecule has 0 aliphatic heterocycles. The van der Waals surface area contributed by atoms with Gasteiger partial charge in [-0.05, 0) is 69.1 Å². The summed E-state index contributed by atoms with van der Waals surface area (Å²) in [5, 5.41) is 4.50. The second-order valence-corrected chi connectivity index (χ2v) is 10.6. The van der Waals surface area contributed by atoms with E-state index >= 15 is 0 Å². The molecule has 3 aromatic rings. The Labute approximate surface area is 166 Å². The number of rotatable bonds is 4. The maximum absolute atomic E-state index is 13.1. The van der Waals surface area contributed by atoms with Crippen molar-refractivity contribution >= 4 is 34.9 Å². The average molecular weight is 422 g/mol. The van der Waals surface area contributed by atoms with Gasteiger partial charge in [-0.3, -0.25) is 0 Å². The van der Waals surface area contributed by atoms with Gasteiger partial charge in [0.15, 0.2) is 0 Å². The van der Waals surface area contributed by atoms with E-state index in [2.05, 4.69) is 15.3 Å². The Morgan fingerprint density at radius 2 is 1.79 bits per heavy atom. The van der Waals surface area contributed by atoms with E-state index in [0.29, 0.717) is 33.4 Å². The van der Waals surface area contributed by atoms with Gasteiger partial charge in [0.05, 0.1) is 17.1 Å². The minimum absolute atomic E-state index is 0.0346. The van der Waals surface area contributed by atoms with Crippen molar-refractivity contribution in [2.24, 2.45) is 0 Å². The lowest BCUT2D eigenvalue weighted by atomic mass is 10.0. The molecule has 5 nitrogen and oxygen atoms in total. The summed E-state index contributed by atoms with van der Waals surface area (Å²) in [6.45, 7) is 6.80. The summed E-state index contributed by atoms with van der Waals surface area (Å²) < 4.78 is 51.9. The first-order valence-corrected chi connectivity index (χ1v) is 11.5. The van der Waals surface area contributed by atoms with E-state index in [1.807, 2.05) is 0 Å². The molecule has 3 N–H and O–H groups in total. The SMILES string of the molecule is Cc1nc(N[C@H](C)c2cc(N)cc(C(F)(F)F)c2)c2cc(P(C)(C)=O)ccc2n1. The third kappa shape index (κ3) is 4.70. The fourth-order valence-corrected chi connectivity index (χ4v) is 3.93. The topological polar surface area (TPSA) is 80.9 Å². The first-order valence-electron chi connectivity index (χ1n) is 8.93. The molecular weight excluding hydrogens is 400 g/mol. The number of hydrogen-bond acceptors (Lipinski definition) is 5. The largest absolute Gasteiger partial charge is 0.416 e. The Kier molecular flexibility index (Phi) is 5.34. The minimum atomic E-state index is -4.49. The number of nitrogen functional groups attached to an aromatic ring is 1. The van der Waals surface area contributed by atoms with Gasteiger partial charge in [-0.2, -0.15) is 13.2 Å². The minimum Gasteiger partial charge on any atom is -0.399 e. The van der Waals surface area contributed by atoms with E-state index in [9.17, 15) is 17.7 Å². The summed E-state index contributed by atoms with van der Waals surface area (Å²) >= 11 is 0.